The number of ether oxygens (including phenoxy) is 1. The van der Waals surface area contributed by atoms with Gasteiger partial charge in [-0.05, 0) is 22.4 Å². The maximum Gasteiger partial charge on any atom is 0.277 e. The summed E-state index contributed by atoms with van der Waals surface area (Å²) in [4.78, 5) is 11.7. The molecule has 1 amide bonds. The number of nitrogen functional groups attached to an aromatic ring is 1. The molecule has 0 saturated heterocycles. The van der Waals surface area contributed by atoms with E-state index in [1.165, 1.54) is 0 Å². The molecule has 0 aliphatic carbocycles. The van der Waals surface area contributed by atoms with Gasteiger partial charge in [-0.1, -0.05) is 23.2 Å². The Bertz CT molecular complexity index is 692. The molecule has 0 fully saturated rings. The standard InChI is InChI=1S/C13H15Cl2N5O3/c1-22-11-7(4-8(14)5-9(11)15)6-17-2-3-18-13(21)10-12(16)20-23-19-10/h4-5,17H,2-3,6H2,1H3,(H2,16,20)(H,18,21)/p+1. The molecule has 0 aliphatic rings. The minimum atomic E-state index is -0.430. The molecule has 0 bridgehead atoms. The monoisotopic (exact) mass is 360 g/mol. The average molecular weight is 361 g/mol. The lowest BCUT2D eigenvalue weighted by molar-refractivity contribution is -0.668. The molecule has 1 heterocycles. The number of nitrogens with two attached hydrogens (primary N) is 2. The van der Waals surface area contributed by atoms with Crippen molar-refractivity contribution in [3.05, 3.63) is 33.4 Å². The minimum absolute atomic E-state index is 0.0201. The number of rotatable bonds is 7. The number of nitrogens with one attached hydrogen (secondary N) is 1. The van der Waals surface area contributed by atoms with E-state index in [1.54, 1.807) is 19.2 Å². The van der Waals surface area contributed by atoms with Gasteiger partial charge in [-0.25, -0.2) is 4.63 Å². The summed E-state index contributed by atoms with van der Waals surface area (Å²) in [6, 6.07) is 3.42. The lowest BCUT2D eigenvalue weighted by atomic mass is 10.2. The molecule has 5 N–H and O–H groups in total. The Balaban J connectivity index is 1.80. The zero-order chi connectivity index (χ0) is 16.8. The first-order valence-electron chi connectivity index (χ1n) is 6.72. The van der Waals surface area contributed by atoms with Gasteiger partial charge in [0.1, 0.15) is 12.3 Å². The first-order valence-corrected chi connectivity index (χ1v) is 7.48. The largest absolute Gasteiger partial charge is 0.495 e. The topological polar surface area (TPSA) is 120 Å². The molecule has 0 saturated carbocycles. The molecule has 8 nitrogen and oxygen atoms in total. The van der Waals surface area contributed by atoms with Crippen molar-refractivity contribution in [1.29, 1.82) is 0 Å². The summed E-state index contributed by atoms with van der Waals surface area (Å²) in [5.41, 5.74) is 6.29. The van der Waals surface area contributed by atoms with E-state index in [-0.39, 0.29) is 11.5 Å². The summed E-state index contributed by atoms with van der Waals surface area (Å²) in [5.74, 6) is 0.128. The molecule has 1 aromatic heterocycles. The quantitative estimate of drug-likeness (QED) is 0.617. The maximum atomic E-state index is 11.7. The molecule has 124 valence electrons. The third-order valence-electron chi connectivity index (χ3n) is 3.02. The Kier molecular flexibility index (Phi) is 6.03. The van der Waals surface area contributed by atoms with Crippen LogP contribution in [0.3, 0.4) is 0 Å². The summed E-state index contributed by atoms with van der Waals surface area (Å²) in [5, 5.41) is 12.4. The van der Waals surface area contributed by atoms with Crippen LogP contribution in [0, 0.1) is 0 Å². The van der Waals surface area contributed by atoms with Gasteiger partial charge in [0, 0.05) is 5.02 Å². The highest BCUT2D eigenvalue weighted by atomic mass is 35.5. The first kappa shape index (κ1) is 17.3. The Morgan fingerprint density at radius 1 is 1.43 bits per heavy atom. The van der Waals surface area contributed by atoms with Gasteiger partial charge in [-0.2, -0.15) is 0 Å². The Morgan fingerprint density at radius 3 is 2.87 bits per heavy atom. The molecule has 10 heteroatoms. The molecule has 1 aromatic carbocycles. The molecule has 0 spiro atoms. The lowest BCUT2D eigenvalue weighted by Crippen LogP contribution is -2.84. The highest BCUT2D eigenvalue weighted by Gasteiger charge is 2.15. The molecule has 2 aromatic rings. The second kappa shape index (κ2) is 8.00. The van der Waals surface area contributed by atoms with Crippen LogP contribution in [0.4, 0.5) is 5.82 Å². The van der Waals surface area contributed by atoms with Crippen LogP contribution in [-0.2, 0) is 6.54 Å². The van der Waals surface area contributed by atoms with Crippen LogP contribution in [0.25, 0.3) is 0 Å². The average Bonchev–Trinajstić information content (AvgIpc) is 2.92. The van der Waals surface area contributed by atoms with Crippen LogP contribution in [0.2, 0.25) is 10.0 Å². The third kappa shape index (κ3) is 4.47. The van der Waals surface area contributed by atoms with E-state index in [0.29, 0.717) is 35.4 Å². The predicted octanol–water partition coefficient (Wildman–Crippen LogP) is 0.461. The van der Waals surface area contributed by atoms with Crippen molar-refractivity contribution in [2.45, 2.75) is 6.54 Å². The fourth-order valence-corrected chi connectivity index (χ4v) is 2.59. The van der Waals surface area contributed by atoms with Gasteiger partial charge in [-0.3, -0.25) is 4.79 Å². The van der Waals surface area contributed by atoms with Crippen molar-refractivity contribution in [2.75, 3.05) is 25.9 Å². The summed E-state index contributed by atoms with van der Waals surface area (Å²) >= 11 is 12.1. The van der Waals surface area contributed by atoms with Crippen molar-refractivity contribution < 1.29 is 19.5 Å². The number of carbonyl (C=O) groups is 1. The lowest BCUT2D eigenvalue weighted by Gasteiger charge is -2.10. The number of methoxy groups -OCH3 is 1. The first-order chi connectivity index (χ1) is 11.0. The fourth-order valence-electron chi connectivity index (χ4n) is 1.98. The number of anilines is 1. The zero-order valence-electron chi connectivity index (χ0n) is 12.3. The molecule has 23 heavy (non-hydrogen) atoms. The van der Waals surface area contributed by atoms with Gasteiger partial charge >= 0.3 is 0 Å². The molecular weight excluding hydrogens is 345 g/mol. The van der Waals surface area contributed by atoms with Crippen molar-refractivity contribution in [3.8, 4) is 5.75 Å². The summed E-state index contributed by atoms with van der Waals surface area (Å²) in [7, 11) is 1.55. The number of halogens is 2. The van der Waals surface area contributed by atoms with Crippen molar-refractivity contribution in [2.24, 2.45) is 0 Å². The number of amides is 1. The molecular formula is C13H16Cl2N5O3+. The number of aromatic nitrogens is 2. The van der Waals surface area contributed by atoms with Crippen LogP contribution < -0.4 is 21.1 Å². The predicted molar refractivity (Wildman–Crippen MR) is 84.6 cm³/mol. The van der Waals surface area contributed by atoms with E-state index in [1.807, 2.05) is 5.32 Å². The Labute approximate surface area is 142 Å². The number of hydrogen-bond acceptors (Lipinski definition) is 6. The van der Waals surface area contributed by atoms with Crippen LogP contribution in [-0.4, -0.2) is 36.4 Å². The highest BCUT2D eigenvalue weighted by Crippen LogP contribution is 2.31. The van der Waals surface area contributed by atoms with Crippen LogP contribution >= 0.6 is 23.2 Å². The molecule has 2 rings (SSSR count). The SMILES string of the molecule is COc1c(Cl)cc(Cl)cc1C[NH2+]CCNC(=O)c1nonc1N. The second-order valence-electron chi connectivity index (χ2n) is 4.62. The van der Waals surface area contributed by atoms with Crippen LogP contribution in [0.15, 0.2) is 16.8 Å². The Morgan fingerprint density at radius 2 is 2.22 bits per heavy atom. The van der Waals surface area contributed by atoms with E-state index in [4.69, 9.17) is 33.7 Å². The zero-order valence-corrected chi connectivity index (χ0v) is 13.8. The van der Waals surface area contributed by atoms with Gasteiger partial charge in [0.15, 0.2) is 0 Å². The van der Waals surface area contributed by atoms with Crippen molar-refractivity contribution in [1.82, 2.24) is 15.6 Å². The number of benzene rings is 1. The van der Waals surface area contributed by atoms with Gasteiger partial charge in [0.25, 0.3) is 5.91 Å². The Hall–Kier alpha value is -2.03. The maximum absolute atomic E-state index is 11.7. The summed E-state index contributed by atoms with van der Waals surface area (Å²) < 4.78 is 9.64. The molecule has 0 unspecified atom stereocenters. The normalized spacial score (nSPS) is 10.6. The molecule has 0 atom stereocenters. The van der Waals surface area contributed by atoms with Crippen LogP contribution in [0.1, 0.15) is 16.1 Å². The van der Waals surface area contributed by atoms with Gasteiger partial charge in [0.2, 0.25) is 11.5 Å². The number of quaternary nitrogens is 1. The molecule has 0 aliphatic heterocycles. The number of nitrogens with zero attached hydrogens (tertiary/aromatic N) is 2. The fraction of sp³-hybridized carbons (Fsp3) is 0.308. The van der Waals surface area contributed by atoms with Gasteiger partial charge in [-0.15, -0.1) is 0 Å². The van der Waals surface area contributed by atoms with E-state index >= 15 is 0 Å². The van der Waals surface area contributed by atoms with E-state index in [2.05, 4.69) is 20.3 Å². The summed E-state index contributed by atoms with van der Waals surface area (Å²) in [6.07, 6.45) is 0. The number of hydrogen-bond donors (Lipinski definition) is 3. The second-order valence-corrected chi connectivity index (χ2v) is 5.46. The van der Waals surface area contributed by atoms with E-state index in [0.717, 1.165) is 5.56 Å². The smallest absolute Gasteiger partial charge is 0.277 e. The number of carbonyl (C=O) groups excluding carboxylic acids is 1. The minimum Gasteiger partial charge on any atom is -0.495 e. The van der Waals surface area contributed by atoms with Crippen LogP contribution in [0.5, 0.6) is 5.75 Å². The van der Waals surface area contributed by atoms with Gasteiger partial charge < -0.3 is 21.1 Å². The van der Waals surface area contributed by atoms with E-state index in [9.17, 15) is 4.79 Å². The van der Waals surface area contributed by atoms with E-state index < -0.39 is 5.91 Å². The van der Waals surface area contributed by atoms with Crippen molar-refractivity contribution in [3.63, 3.8) is 0 Å². The third-order valence-corrected chi connectivity index (χ3v) is 3.52. The highest BCUT2D eigenvalue weighted by molar-refractivity contribution is 6.35. The van der Waals surface area contributed by atoms with Crippen molar-refractivity contribution >= 4 is 34.9 Å². The summed E-state index contributed by atoms with van der Waals surface area (Å²) in [6.45, 7) is 1.65. The van der Waals surface area contributed by atoms with Gasteiger partial charge in [0.05, 0.1) is 30.8 Å². The molecule has 0 radical (unpaired) electrons.